The first-order valence-electron chi connectivity index (χ1n) is 5.06. The Balaban J connectivity index is 3.04. The first-order valence-corrected chi connectivity index (χ1v) is 5.06. The van der Waals surface area contributed by atoms with E-state index in [1.54, 1.807) is 19.9 Å². The molecule has 4 heteroatoms. The van der Waals surface area contributed by atoms with Gasteiger partial charge in [0, 0.05) is 12.3 Å². The van der Waals surface area contributed by atoms with Crippen molar-refractivity contribution in [1.82, 2.24) is 0 Å². The Morgan fingerprint density at radius 1 is 1.38 bits per heavy atom. The maximum atomic E-state index is 12.4. The first kappa shape index (κ1) is 12.7. The molecule has 1 aromatic rings. The lowest BCUT2D eigenvalue weighted by Gasteiger charge is -2.12. The Bertz CT molecular complexity index is 382. The van der Waals surface area contributed by atoms with Crippen LogP contribution in [0.5, 0.6) is 0 Å². The van der Waals surface area contributed by atoms with E-state index in [0.29, 0.717) is 12.0 Å². The molecule has 0 fully saturated rings. The van der Waals surface area contributed by atoms with E-state index < -0.39 is 17.7 Å². The van der Waals surface area contributed by atoms with Crippen LogP contribution < -0.4 is 0 Å². The van der Waals surface area contributed by atoms with E-state index in [9.17, 15) is 18.0 Å². The molecule has 0 saturated heterocycles. The predicted molar refractivity (Wildman–Crippen MR) is 55.2 cm³/mol. The minimum absolute atomic E-state index is 0.0562. The van der Waals surface area contributed by atoms with Gasteiger partial charge in [-0.05, 0) is 11.6 Å². The Hall–Kier alpha value is -1.32. The molecule has 0 aliphatic heterocycles. The maximum absolute atomic E-state index is 12.4. The van der Waals surface area contributed by atoms with E-state index in [-0.39, 0.29) is 5.78 Å². The van der Waals surface area contributed by atoms with Crippen molar-refractivity contribution in [3.63, 3.8) is 0 Å². The summed E-state index contributed by atoms with van der Waals surface area (Å²) in [5.41, 5.74) is -0.289. The van der Waals surface area contributed by atoms with Crippen LogP contribution >= 0.6 is 0 Å². The van der Waals surface area contributed by atoms with Gasteiger partial charge in [-0.3, -0.25) is 4.79 Å². The zero-order valence-electron chi connectivity index (χ0n) is 9.14. The molecule has 1 unspecified atom stereocenters. The average Bonchev–Trinajstić information content (AvgIpc) is 2.26. The van der Waals surface area contributed by atoms with Crippen molar-refractivity contribution in [1.29, 1.82) is 0 Å². The molecular formula is C12H13F3O. The molecule has 0 radical (unpaired) electrons. The largest absolute Gasteiger partial charge is 0.416 e. The summed E-state index contributed by atoms with van der Waals surface area (Å²) in [4.78, 5) is 11.4. The van der Waals surface area contributed by atoms with Crippen molar-refractivity contribution >= 4 is 5.78 Å². The number of rotatable bonds is 3. The summed E-state index contributed by atoms with van der Waals surface area (Å²) in [6.45, 7) is 3.33. The summed E-state index contributed by atoms with van der Waals surface area (Å²) in [7, 11) is 0. The molecule has 0 amide bonds. The molecule has 1 rings (SSSR count). The number of hydrogen-bond acceptors (Lipinski definition) is 1. The quantitative estimate of drug-likeness (QED) is 0.772. The molecule has 1 atom stereocenters. The summed E-state index contributed by atoms with van der Waals surface area (Å²) in [5.74, 6) is -0.536. The van der Waals surface area contributed by atoms with E-state index in [1.807, 2.05) is 0 Å². The zero-order valence-corrected chi connectivity index (χ0v) is 9.14. The standard InChI is InChI=1S/C12H13F3O/c1-3-11(16)8(2)9-5-4-6-10(7-9)12(13,14)15/h4-8H,3H2,1-2H3. The zero-order chi connectivity index (χ0) is 12.3. The molecule has 0 bridgehead atoms. The minimum atomic E-state index is -4.36. The fraction of sp³-hybridized carbons (Fsp3) is 0.417. The number of benzene rings is 1. The number of Topliss-reactive ketones (excluding diaryl/α,β-unsaturated/α-hetero) is 1. The lowest BCUT2D eigenvalue weighted by Crippen LogP contribution is -2.10. The fourth-order valence-corrected chi connectivity index (χ4v) is 1.48. The molecule has 0 N–H and O–H groups in total. The van der Waals surface area contributed by atoms with Gasteiger partial charge in [-0.25, -0.2) is 0 Å². The Morgan fingerprint density at radius 3 is 2.50 bits per heavy atom. The predicted octanol–water partition coefficient (Wildman–Crippen LogP) is 3.79. The van der Waals surface area contributed by atoms with Crippen molar-refractivity contribution < 1.29 is 18.0 Å². The number of carbonyl (C=O) groups excluding carboxylic acids is 1. The van der Waals surface area contributed by atoms with Crippen molar-refractivity contribution in [3.8, 4) is 0 Å². The molecule has 0 aliphatic carbocycles. The Kier molecular flexibility index (Phi) is 3.73. The van der Waals surface area contributed by atoms with Gasteiger partial charge in [0.25, 0.3) is 0 Å². The summed E-state index contributed by atoms with van der Waals surface area (Å²) < 4.78 is 37.3. The van der Waals surface area contributed by atoms with Crippen LogP contribution in [0.2, 0.25) is 0 Å². The maximum Gasteiger partial charge on any atom is 0.416 e. The van der Waals surface area contributed by atoms with E-state index in [0.717, 1.165) is 12.1 Å². The van der Waals surface area contributed by atoms with E-state index >= 15 is 0 Å². The third-order valence-electron chi connectivity index (χ3n) is 2.55. The summed E-state index contributed by atoms with van der Waals surface area (Å²) in [6, 6.07) is 4.93. The second kappa shape index (κ2) is 4.68. The van der Waals surface area contributed by atoms with E-state index in [2.05, 4.69) is 0 Å². The molecule has 0 saturated carbocycles. The van der Waals surface area contributed by atoms with Crippen LogP contribution in [-0.2, 0) is 11.0 Å². The molecular weight excluding hydrogens is 217 g/mol. The normalized spacial score (nSPS) is 13.6. The van der Waals surface area contributed by atoms with Crippen LogP contribution in [0.4, 0.5) is 13.2 Å². The van der Waals surface area contributed by atoms with Crippen molar-refractivity contribution in [3.05, 3.63) is 35.4 Å². The average molecular weight is 230 g/mol. The molecule has 0 aromatic heterocycles. The SMILES string of the molecule is CCC(=O)C(C)c1cccc(C(F)(F)F)c1. The topological polar surface area (TPSA) is 17.1 Å². The van der Waals surface area contributed by atoms with Crippen LogP contribution in [-0.4, -0.2) is 5.78 Å². The van der Waals surface area contributed by atoms with Gasteiger partial charge in [0.05, 0.1) is 5.56 Å². The molecule has 1 aromatic carbocycles. The summed E-state index contributed by atoms with van der Waals surface area (Å²) in [5, 5.41) is 0. The Labute approximate surface area is 92.3 Å². The third-order valence-corrected chi connectivity index (χ3v) is 2.55. The molecule has 1 nitrogen and oxygen atoms in total. The number of carbonyl (C=O) groups is 1. The second-order valence-electron chi connectivity index (χ2n) is 3.66. The smallest absolute Gasteiger partial charge is 0.299 e. The highest BCUT2D eigenvalue weighted by atomic mass is 19.4. The number of ketones is 1. The van der Waals surface area contributed by atoms with Gasteiger partial charge in [0.2, 0.25) is 0 Å². The van der Waals surface area contributed by atoms with Crippen LogP contribution in [0.1, 0.15) is 37.3 Å². The lowest BCUT2D eigenvalue weighted by molar-refractivity contribution is -0.137. The highest BCUT2D eigenvalue weighted by molar-refractivity contribution is 5.85. The van der Waals surface area contributed by atoms with E-state index in [4.69, 9.17) is 0 Å². The van der Waals surface area contributed by atoms with Gasteiger partial charge in [-0.2, -0.15) is 13.2 Å². The van der Waals surface area contributed by atoms with E-state index in [1.165, 1.54) is 6.07 Å². The molecule has 88 valence electrons. The first-order chi connectivity index (χ1) is 7.36. The van der Waals surface area contributed by atoms with Crippen molar-refractivity contribution in [2.75, 3.05) is 0 Å². The number of hydrogen-bond donors (Lipinski definition) is 0. The minimum Gasteiger partial charge on any atom is -0.299 e. The second-order valence-corrected chi connectivity index (χ2v) is 3.66. The fourth-order valence-electron chi connectivity index (χ4n) is 1.48. The van der Waals surface area contributed by atoms with Crippen molar-refractivity contribution in [2.45, 2.75) is 32.4 Å². The van der Waals surface area contributed by atoms with Crippen LogP contribution in [0.3, 0.4) is 0 Å². The van der Waals surface area contributed by atoms with Gasteiger partial charge in [-0.1, -0.05) is 32.0 Å². The van der Waals surface area contributed by atoms with Gasteiger partial charge in [0.1, 0.15) is 5.78 Å². The molecule has 0 heterocycles. The number of alkyl halides is 3. The molecule has 16 heavy (non-hydrogen) atoms. The van der Waals surface area contributed by atoms with Gasteiger partial charge >= 0.3 is 6.18 Å². The molecule has 0 spiro atoms. The summed E-state index contributed by atoms with van der Waals surface area (Å²) in [6.07, 6.45) is -4.03. The van der Waals surface area contributed by atoms with Gasteiger partial charge in [-0.15, -0.1) is 0 Å². The van der Waals surface area contributed by atoms with Crippen LogP contribution in [0, 0.1) is 0 Å². The van der Waals surface area contributed by atoms with Crippen LogP contribution in [0.25, 0.3) is 0 Å². The Morgan fingerprint density at radius 2 is 2.00 bits per heavy atom. The highest BCUT2D eigenvalue weighted by Gasteiger charge is 2.31. The van der Waals surface area contributed by atoms with Gasteiger partial charge in [0.15, 0.2) is 0 Å². The number of halogens is 3. The van der Waals surface area contributed by atoms with Gasteiger partial charge < -0.3 is 0 Å². The monoisotopic (exact) mass is 230 g/mol. The summed E-state index contributed by atoms with van der Waals surface area (Å²) >= 11 is 0. The third kappa shape index (κ3) is 2.84. The lowest BCUT2D eigenvalue weighted by atomic mass is 9.94. The molecule has 0 aliphatic rings. The van der Waals surface area contributed by atoms with Crippen molar-refractivity contribution in [2.24, 2.45) is 0 Å². The highest BCUT2D eigenvalue weighted by Crippen LogP contribution is 2.31. The van der Waals surface area contributed by atoms with Crippen LogP contribution in [0.15, 0.2) is 24.3 Å².